The van der Waals surface area contributed by atoms with Gasteiger partial charge in [-0.05, 0) is 18.2 Å². The van der Waals surface area contributed by atoms with E-state index < -0.39 is 17.9 Å². The number of anilines is 2. The second kappa shape index (κ2) is 11.1. The van der Waals surface area contributed by atoms with Crippen molar-refractivity contribution in [3.8, 4) is 0 Å². The van der Waals surface area contributed by atoms with Crippen molar-refractivity contribution in [3.63, 3.8) is 0 Å². The normalized spacial score (nSPS) is 11.3. The fraction of sp³-hybridized carbons (Fsp3) is 0.238. The van der Waals surface area contributed by atoms with Crippen LogP contribution in [0.4, 0.5) is 11.4 Å². The maximum atomic E-state index is 13.0. The first-order chi connectivity index (χ1) is 14.3. The van der Waals surface area contributed by atoms with Crippen LogP contribution < -0.4 is 16.4 Å². The number of carbonyl (C=O) groups excluding carboxylic acids is 4. The molecule has 0 aromatic heterocycles. The van der Waals surface area contributed by atoms with E-state index in [-0.39, 0.29) is 41.5 Å². The monoisotopic (exact) mass is 430 g/mol. The molecule has 158 valence electrons. The lowest BCUT2D eigenvalue weighted by molar-refractivity contribution is -0.395. The molecule has 0 saturated heterocycles. The van der Waals surface area contributed by atoms with Crippen molar-refractivity contribution in [2.75, 3.05) is 23.5 Å². The van der Waals surface area contributed by atoms with Crippen LogP contribution in [-0.4, -0.2) is 42.5 Å². The lowest BCUT2D eigenvalue weighted by Crippen LogP contribution is -2.67. The van der Waals surface area contributed by atoms with Crippen molar-refractivity contribution in [2.24, 2.45) is 0 Å². The van der Waals surface area contributed by atoms with Crippen LogP contribution >= 0.6 is 12.6 Å². The number of ether oxygens (including phenoxy) is 1. The summed E-state index contributed by atoms with van der Waals surface area (Å²) in [6.45, 7) is 0. The molecule has 1 atom stereocenters. The number of nitrogens with one attached hydrogen (secondary N) is 2. The van der Waals surface area contributed by atoms with Crippen LogP contribution in [0.3, 0.4) is 0 Å². The molecule has 2 rings (SSSR count). The number of hydrogen-bond donors (Lipinski definition) is 4. The Hall–Kier alpha value is -3.17. The van der Waals surface area contributed by atoms with Gasteiger partial charge in [0.05, 0.1) is 25.0 Å². The molecule has 0 fully saturated rings. The van der Waals surface area contributed by atoms with E-state index in [1.54, 1.807) is 36.4 Å². The predicted molar refractivity (Wildman–Crippen MR) is 115 cm³/mol. The molecule has 0 aliphatic heterocycles. The number of hydrogen-bond acceptors (Lipinski definition) is 6. The average molecular weight is 431 g/mol. The van der Waals surface area contributed by atoms with E-state index >= 15 is 0 Å². The van der Waals surface area contributed by atoms with Crippen LogP contribution in [0.1, 0.15) is 28.8 Å². The van der Waals surface area contributed by atoms with Gasteiger partial charge in [-0.2, -0.15) is 12.6 Å². The lowest BCUT2D eigenvalue weighted by Gasteiger charge is -2.14. The third kappa shape index (κ3) is 6.43. The SMILES string of the molecule is COC(=O)CCC(=O)Nc1ccc(NC(=O)[C@@H]([NH3+])CS)cc1C(=O)c1ccccc1. The summed E-state index contributed by atoms with van der Waals surface area (Å²) in [5.74, 6) is -1.33. The average Bonchev–Trinajstić information content (AvgIpc) is 2.77. The highest BCUT2D eigenvalue weighted by Gasteiger charge is 2.19. The van der Waals surface area contributed by atoms with Crippen molar-refractivity contribution in [3.05, 3.63) is 59.7 Å². The smallest absolute Gasteiger partial charge is 0.306 e. The first-order valence-electron chi connectivity index (χ1n) is 9.21. The molecule has 2 amide bonds. The van der Waals surface area contributed by atoms with Crippen LogP contribution in [0.5, 0.6) is 0 Å². The quantitative estimate of drug-likeness (QED) is 0.271. The van der Waals surface area contributed by atoms with E-state index in [2.05, 4.69) is 33.7 Å². The molecule has 0 saturated carbocycles. The summed E-state index contributed by atoms with van der Waals surface area (Å²) in [6.07, 6.45) is -0.164. The van der Waals surface area contributed by atoms with Crippen molar-refractivity contribution in [1.29, 1.82) is 0 Å². The number of esters is 1. The summed E-state index contributed by atoms with van der Waals surface area (Å²) in [6, 6.07) is 12.6. The summed E-state index contributed by atoms with van der Waals surface area (Å²) >= 11 is 4.06. The van der Waals surface area contributed by atoms with E-state index in [9.17, 15) is 19.2 Å². The van der Waals surface area contributed by atoms with Crippen molar-refractivity contribution in [1.82, 2.24) is 0 Å². The largest absolute Gasteiger partial charge is 0.469 e. The molecule has 0 unspecified atom stereocenters. The second-order valence-electron chi connectivity index (χ2n) is 6.45. The zero-order chi connectivity index (χ0) is 22.1. The fourth-order valence-corrected chi connectivity index (χ4v) is 2.69. The third-order valence-corrected chi connectivity index (χ3v) is 4.66. The van der Waals surface area contributed by atoms with Crippen molar-refractivity contribution < 1.29 is 29.6 Å². The number of thiol groups is 1. The second-order valence-corrected chi connectivity index (χ2v) is 6.81. The van der Waals surface area contributed by atoms with Gasteiger partial charge in [0, 0.05) is 23.2 Å². The standard InChI is InChI=1S/C21H23N3O5S/c1-29-19(26)10-9-18(25)24-17-8-7-14(23-21(28)16(22)12-30)11-15(17)20(27)13-5-3-2-4-6-13/h2-8,11,16,30H,9-10,12,22H2,1H3,(H,23,28)(H,24,25)/p+1/t16-/m0/s1. The van der Waals surface area contributed by atoms with Gasteiger partial charge in [0.2, 0.25) is 5.91 Å². The van der Waals surface area contributed by atoms with Gasteiger partial charge in [-0.3, -0.25) is 19.2 Å². The van der Waals surface area contributed by atoms with E-state index in [1.807, 2.05) is 0 Å². The number of benzene rings is 2. The topological polar surface area (TPSA) is 129 Å². The molecule has 0 spiro atoms. The van der Waals surface area contributed by atoms with Gasteiger partial charge in [0.25, 0.3) is 5.91 Å². The molecule has 2 aromatic rings. The maximum Gasteiger partial charge on any atom is 0.306 e. The zero-order valence-corrected chi connectivity index (χ0v) is 17.4. The van der Waals surface area contributed by atoms with E-state index in [0.717, 1.165) is 0 Å². The Morgan fingerprint density at radius 2 is 1.73 bits per heavy atom. The van der Waals surface area contributed by atoms with Crippen molar-refractivity contribution >= 4 is 47.6 Å². The van der Waals surface area contributed by atoms with Crippen LogP contribution in [0.15, 0.2) is 48.5 Å². The van der Waals surface area contributed by atoms with Crippen LogP contribution in [0, 0.1) is 0 Å². The van der Waals surface area contributed by atoms with E-state index in [0.29, 0.717) is 11.3 Å². The van der Waals surface area contributed by atoms with Crippen molar-refractivity contribution in [2.45, 2.75) is 18.9 Å². The summed E-state index contributed by atoms with van der Waals surface area (Å²) < 4.78 is 4.53. The van der Waals surface area contributed by atoms with Gasteiger partial charge in [-0.25, -0.2) is 0 Å². The van der Waals surface area contributed by atoms with Crippen LogP contribution in [0.25, 0.3) is 0 Å². The molecular weight excluding hydrogens is 406 g/mol. The Balaban J connectivity index is 2.31. The summed E-state index contributed by atoms with van der Waals surface area (Å²) in [5, 5.41) is 5.34. The Bertz CT molecular complexity index is 933. The first kappa shape index (κ1) is 23.1. The fourth-order valence-electron chi connectivity index (χ4n) is 2.52. The molecule has 2 aromatic carbocycles. The number of ketones is 1. The molecule has 0 aliphatic rings. The summed E-state index contributed by atoms with van der Waals surface area (Å²) in [5.41, 5.74) is 5.00. The zero-order valence-electron chi connectivity index (χ0n) is 16.5. The highest BCUT2D eigenvalue weighted by atomic mass is 32.1. The molecule has 9 heteroatoms. The highest BCUT2D eigenvalue weighted by molar-refractivity contribution is 7.80. The maximum absolute atomic E-state index is 13.0. The van der Waals surface area contributed by atoms with E-state index in [1.165, 1.54) is 19.2 Å². The molecule has 0 aliphatic carbocycles. The molecule has 0 heterocycles. The summed E-state index contributed by atoms with van der Waals surface area (Å²) in [7, 11) is 1.24. The number of methoxy groups -OCH3 is 1. The Labute approximate surface area is 179 Å². The van der Waals surface area contributed by atoms with Gasteiger partial charge in [-0.1, -0.05) is 30.3 Å². The molecule has 0 radical (unpaired) electrons. The number of quaternary nitrogens is 1. The summed E-state index contributed by atoms with van der Waals surface area (Å²) in [4.78, 5) is 48.6. The van der Waals surface area contributed by atoms with E-state index in [4.69, 9.17) is 0 Å². The lowest BCUT2D eigenvalue weighted by atomic mass is 10.0. The number of rotatable bonds is 9. The predicted octanol–water partition coefficient (Wildman–Crippen LogP) is 1.29. The molecule has 8 nitrogen and oxygen atoms in total. The minimum Gasteiger partial charge on any atom is -0.469 e. The van der Waals surface area contributed by atoms with Crippen LogP contribution in [0.2, 0.25) is 0 Å². The van der Waals surface area contributed by atoms with Gasteiger partial charge >= 0.3 is 5.97 Å². The molecule has 0 bridgehead atoms. The Kier molecular flexibility index (Phi) is 8.57. The van der Waals surface area contributed by atoms with Gasteiger partial charge in [-0.15, -0.1) is 0 Å². The number of amides is 2. The Morgan fingerprint density at radius 3 is 2.37 bits per heavy atom. The molecular formula is C21H24N3O5S+. The highest BCUT2D eigenvalue weighted by Crippen LogP contribution is 2.24. The Morgan fingerprint density at radius 1 is 1.03 bits per heavy atom. The molecule has 5 N–H and O–H groups in total. The number of carbonyl (C=O) groups is 4. The first-order valence-corrected chi connectivity index (χ1v) is 9.84. The van der Waals surface area contributed by atoms with Gasteiger partial charge < -0.3 is 21.1 Å². The van der Waals surface area contributed by atoms with Gasteiger partial charge in [0.1, 0.15) is 0 Å². The minimum absolute atomic E-state index is 0.0763. The van der Waals surface area contributed by atoms with Gasteiger partial charge in [0.15, 0.2) is 11.8 Å². The third-order valence-electron chi connectivity index (χ3n) is 4.22. The van der Waals surface area contributed by atoms with Crippen LogP contribution in [-0.2, 0) is 19.1 Å². The minimum atomic E-state index is -0.556. The molecule has 30 heavy (non-hydrogen) atoms.